The normalized spacial score (nSPS) is 19.8. The van der Waals surface area contributed by atoms with Crippen molar-refractivity contribution in [2.45, 2.75) is 32.2 Å². The van der Waals surface area contributed by atoms with Crippen LogP contribution in [0.2, 0.25) is 0 Å². The van der Waals surface area contributed by atoms with E-state index in [1.165, 1.54) is 6.42 Å². The molecule has 0 aliphatic carbocycles. The smallest absolute Gasteiger partial charge is 0.260 e. The molecule has 2 aromatic rings. The van der Waals surface area contributed by atoms with Gasteiger partial charge in [-0.1, -0.05) is 0 Å². The van der Waals surface area contributed by atoms with Crippen LogP contribution in [0.15, 0.2) is 23.0 Å². The van der Waals surface area contributed by atoms with E-state index in [9.17, 15) is 4.79 Å². The van der Waals surface area contributed by atoms with Crippen LogP contribution in [0.4, 0.5) is 11.6 Å². The molecule has 0 amide bonds. The largest absolute Gasteiger partial charge is 0.399 e. The van der Waals surface area contributed by atoms with Crippen LogP contribution in [-0.2, 0) is 0 Å². The van der Waals surface area contributed by atoms with E-state index in [0.29, 0.717) is 28.6 Å². The topological polar surface area (TPSA) is 75.0 Å². The molecule has 1 saturated heterocycles. The minimum absolute atomic E-state index is 0.120. The third-order valence-electron chi connectivity index (χ3n) is 3.79. The second kappa shape index (κ2) is 4.57. The van der Waals surface area contributed by atoms with Gasteiger partial charge in [0.15, 0.2) is 0 Å². The fourth-order valence-corrected chi connectivity index (χ4v) is 2.69. The number of hydrogen-bond acceptors (Lipinski definition) is 4. The molecule has 1 aromatic heterocycles. The molecule has 0 spiro atoms. The number of nitrogens with one attached hydrogen (secondary N) is 1. The van der Waals surface area contributed by atoms with Crippen LogP contribution in [0.25, 0.3) is 10.9 Å². The summed E-state index contributed by atoms with van der Waals surface area (Å²) in [5.74, 6) is 0.675. The third-order valence-corrected chi connectivity index (χ3v) is 3.79. The predicted octanol–water partition coefficient (Wildman–Crippen LogP) is 1.88. The minimum Gasteiger partial charge on any atom is -0.399 e. The molecule has 3 rings (SSSR count). The van der Waals surface area contributed by atoms with Gasteiger partial charge in [0.05, 0.1) is 10.9 Å². The van der Waals surface area contributed by atoms with Gasteiger partial charge in [0.2, 0.25) is 5.95 Å². The average molecular weight is 258 g/mol. The van der Waals surface area contributed by atoms with Crippen molar-refractivity contribution in [1.82, 2.24) is 9.97 Å². The van der Waals surface area contributed by atoms with E-state index in [2.05, 4.69) is 21.8 Å². The van der Waals surface area contributed by atoms with Crippen LogP contribution >= 0.6 is 0 Å². The fourth-order valence-electron chi connectivity index (χ4n) is 2.69. The minimum atomic E-state index is -0.120. The number of rotatable bonds is 1. The van der Waals surface area contributed by atoms with Gasteiger partial charge in [-0.25, -0.2) is 4.98 Å². The Morgan fingerprint density at radius 3 is 3.05 bits per heavy atom. The number of benzene rings is 1. The molecule has 0 bridgehead atoms. The lowest BCUT2D eigenvalue weighted by Crippen LogP contribution is -2.39. The molecule has 5 heteroatoms. The molecule has 1 unspecified atom stereocenters. The summed E-state index contributed by atoms with van der Waals surface area (Å²) < 4.78 is 0. The molecule has 0 radical (unpaired) electrons. The average Bonchev–Trinajstić information content (AvgIpc) is 2.40. The van der Waals surface area contributed by atoms with Crippen molar-refractivity contribution in [3.63, 3.8) is 0 Å². The van der Waals surface area contributed by atoms with E-state index in [-0.39, 0.29) is 5.56 Å². The second-order valence-electron chi connectivity index (χ2n) is 5.20. The Morgan fingerprint density at radius 1 is 1.42 bits per heavy atom. The Bertz CT molecular complexity index is 664. The van der Waals surface area contributed by atoms with Crippen molar-refractivity contribution in [3.05, 3.63) is 28.6 Å². The first-order chi connectivity index (χ1) is 9.15. The second-order valence-corrected chi connectivity index (χ2v) is 5.20. The zero-order valence-electron chi connectivity index (χ0n) is 11.0. The molecule has 1 atom stereocenters. The Hall–Kier alpha value is -2.04. The van der Waals surface area contributed by atoms with Crippen LogP contribution in [0.5, 0.6) is 0 Å². The summed E-state index contributed by atoms with van der Waals surface area (Å²) in [6.45, 7) is 3.12. The number of anilines is 2. The lowest BCUT2D eigenvalue weighted by atomic mass is 10.0. The number of piperidine rings is 1. The van der Waals surface area contributed by atoms with Gasteiger partial charge in [-0.2, -0.15) is 0 Å². The van der Waals surface area contributed by atoms with Gasteiger partial charge >= 0.3 is 0 Å². The molecule has 1 aliphatic heterocycles. The summed E-state index contributed by atoms with van der Waals surface area (Å²) in [4.78, 5) is 21.8. The summed E-state index contributed by atoms with van der Waals surface area (Å²) in [7, 11) is 0. The van der Waals surface area contributed by atoms with Gasteiger partial charge in [-0.15, -0.1) is 0 Å². The van der Waals surface area contributed by atoms with Gasteiger partial charge < -0.3 is 10.6 Å². The molecule has 19 heavy (non-hydrogen) atoms. The lowest BCUT2D eigenvalue weighted by molar-refractivity contribution is 0.477. The van der Waals surface area contributed by atoms with E-state index in [1.54, 1.807) is 18.2 Å². The lowest BCUT2D eigenvalue weighted by Gasteiger charge is -2.33. The standard InChI is InChI=1S/C14H18N4O/c1-9-4-2-3-7-18(9)14-16-12-6-5-10(15)8-11(12)13(19)17-14/h5-6,8-9H,2-4,7,15H2,1H3,(H,16,17,19). The van der Waals surface area contributed by atoms with E-state index < -0.39 is 0 Å². The Morgan fingerprint density at radius 2 is 2.26 bits per heavy atom. The molecular formula is C14H18N4O. The molecule has 0 saturated carbocycles. The zero-order chi connectivity index (χ0) is 13.4. The number of aromatic amines is 1. The van der Waals surface area contributed by atoms with Crippen LogP contribution < -0.4 is 16.2 Å². The van der Waals surface area contributed by atoms with Crippen LogP contribution in [0, 0.1) is 0 Å². The third kappa shape index (κ3) is 2.16. The number of aromatic nitrogens is 2. The van der Waals surface area contributed by atoms with Crippen LogP contribution in [-0.4, -0.2) is 22.6 Å². The molecule has 2 heterocycles. The molecule has 1 aliphatic rings. The van der Waals surface area contributed by atoms with Gasteiger partial charge in [-0.05, 0) is 44.4 Å². The fraction of sp³-hybridized carbons (Fsp3) is 0.429. The number of nitrogens with two attached hydrogens (primary N) is 1. The van der Waals surface area contributed by atoms with E-state index in [1.807, 2.05) is 0 Å². The number of nitrogens with zero attached hydrogens (tertiary/aromatic N) is 2. The maximum Gasteiger partial charge on any atom is 0.260 e. The molecular weight excluding hydrogens is 240 g/mol. The Kier molecular flexibility index (Phi) is 2.89. The van der Waals surface area contributed by atoms with Crippen molar-refractivity contribution in [2.75, 3.05) is 17.2 Å². The summed E-state index contributed by atoms with van der Waals surface area (Å²) >= 11 is 0. The van der Waals surface area contributed by atoms with Crippen molar-refractivity contribution < 1.29 is 0 Å². The zero-order valence-corrected chi connectivity index (χ0v) is 11.0. The van der Waals surface area contributed by atoms with Crippen molar-refractivity contribution >= 4 is 22.5 Å². The summed E-state index contributed by atoms with van der Waals surface area (Å²) in [5, 5.41) is 0.549. The highest BCUT2D eigenvalue weighted by molar-refractivity contribution is 5.81. The van der Waals surface area contributed by atoms with E-state index >= 15 is 0 Å². The first-order valence-electron chi connectivity index (χ1n) is 6.71. The van der Waals surface area contributed by atoms with Crippen molar-refractivity contribution in [3.8, 4) is 0 Å². The molecule has 1 aromatic carbocycles. The number of H-pyrrole nitrogens is 1. The Balaban J connectivity index is 2.10. The maximum atomic E-state index is 12.1. The van der Waals surface area contributed by atoms with Crippen LogP contribution in [0.3, 0.4) is 0 Å². The Labute approximate surface area is 111 Å². The van der Waals surface area contributed by atoms with Gasteiger partial charge in [0.1, 0.15) is 0 Å². The highest BCUT2D eigenvalue weighted by atomic mass is 16.1. The SMILES string of the molecule is CC1CCCCN1c1nc2ccc(N)cc2c(=O)[nH]1. The monoisotopic (exact) mass is 258 g/mol. The predicted molar refractivity (Wildman–Crippen MR) is 77.4 cm³/mol. The summed E-state index contributed by atoms with van der Waals surface area (Å²) in [6.07, 6.45) is 3.53. The first-order valence-corrected chi connectivity index (χ1v) is 6.71. The van der Waals surface area contributed by atoms with E-state index in [4.69, 9.17) is 5.73 Å². The van der Waals surface area contributed by atoms with Gasteiger partial charge in [0.25, 0.3) is 5.56 Å². The van der Waals surface area contributed by atoms with Crippen LogP contribution in [0.1, 0.15) is 26.2 Å². The highest BCUT2D eigenvalue weighted by Crippen LogP contribution is 2.22. The van der Waals surface area contributed by atoms with Gasteiger partial charge in [-0.3, -0.25) is 9.78 Å². The van der Waals surface area contributed by atoms with E-state index in [0.717, 1.165) is 19.4 Å². The number of fused-ring (bicyclic) bond motifs is 1. The summed E-state index contributed by atoms with van der Waals surface area (Å²) in [6, 6.07) is 5.67. The molecule has 3 N–H and O–H groups in total. The first kappa shape index (κ1) is 12.0. The molecule has 100 valence electrons. The quantitative estimate of drug-likeness (QED) is 0.766. The molecule has 1 fully saturated rings. The maximum absolute atomic E-state index is 12.1. The highest BCUT2D eigenvalue weighted by Gasteiger charge is 2.20. The summed E-state index contributed by atoms with van der Waals surface area (Å²) in [5.41, 5.74) is 6.87. The molecule has 5 nitrogen and oxygen atoms in total. The van der Waals surface area contributed by atoms with Crippen molar-refractivity contribution in [1.29, 1.82) is 0 Å². The van der Waals surface area contributed by atoms with Crippen molar-refractivity contribution in [2.24, 2.45) is 0 Å². The number of hydrogen-bond donors (Lipinski definition) is 2. The van der Waals surface area contributed by atoms with Gasteiger partial charge in [0, 0.05) is 18.3 Å². The number of nitrogen functional groups attached to an aromatic ring is 1.